The van der Waals surface area contributed by atoms with E-state index in [0.717, 1.165) is 25.3 Å². The Morgan fingerprint density at radius 3 is 3.11 bits per heavy atom. The Balaban J connectivity index is 1.94. The Bertz CT molecular complexity index is 617. The van der Waals surface area contributed by atoms with Gasteiger partial charge in [-0.15, -0.1) is 5.10 Å². The zero-order chi connectivity index (χ0) is 12.7. The van der Waals surface area contributed by atoms with E-state index < -0.39 is 0 Å². The third kappa shape index (κ3) is 1.76. The number of anilines is 1. The Labute approximate surface area is 104 Å². The molecule has 7 heteroatoms. The first-order valence-electron chi connectivity index (χ1n) is 6.10. The molecule has 0 saturated carbocycles. The number of hydrogen-bond donors (Lipinski definition) is 2. The van der Waals surface area contributed by atoms with Gasteiger partial charge >= 0.3 is 5.69 Å². The van der Waals surface area contributed by atoms with Crippen LogP contribution in [-0.4, -0.2) is 38.9 Å². The van der Waals surface area contributed by atoms with Gasteiger partial charge in [-0.05, 0) is 24.5 Å². The van der Waals surface area contributed by atoms with Gasteiger partial charge in [0.15, 0.2) is 5.65 Å². The largest absolute Gasteiger partial charge is 0.364 e. The predicted octanol–water partition coefficient (Wildman–Crippen LogP) is -0.409. The Morgan fingerprint density at radius 2 is 2.33 bits per heavy atom. The molecule has 0 radical (unpaired) electrons. The van der Waals surface area contributed by atoms with Crippen molar-refractivity contribution in [2.24, 2.45) is 11.7 Å². The fourth-order valence-electron chi connectivity index (χ4n) is 2.27. The lowest BCUT2D eigenvalue weighted by Crippen LogP contribution is -2.48. The maximum atomic E-state index is 11.5. The Kier molecular flexibility index (Phi) is 2.55. The van der Waals surface area contributed by atoms with E-state index in [2.05, 4.69) is 27.1 Å². The van der Waals surface area contributed by atoms with Crippen molar-refractivity contribution in [1.29, 1.82) is 0 Å². The summed E-state index contributed by atoms with van der Waals surface area (Å²) in [7, 11) is 0. The molecule has 7 nitrogen and oxygen atoms in total. The van der Waals surface area contributed by atoms with Crippen molar-refractivity contribution in [1.82, 2.24) is 19.8 Å². The maximum absolute atomic E-state index is 11.5. The fraction of sp³-hybridized carbons (Fsp3) is 0.545. The summed E-state index contributed by atoms with van der Waals surface area (Å²) in [6.45, 7) is 3.85. The molecule has 1 aliphatic rings. The molecule has 0 aliphatic carbocycles. The molecule has 3 rings (SSSR count). The lowest BCUT2D eigenvalue weighted by Gasteiger charge is -2.35. The summed E-state index contributed by atoms with van der Waals surface area (Å²) in [6, 6.07) is 3.81. The normalized spacial score (nSPS) is 24.7. The van der Waals surface area contributed by atoms with Gasteiger partial charge in [0.25, 0.3) is 0 Å². The van der Waals surface area contributed by atoms with E-state index in [1.165, 1.54) is 4.52 Å². The molecular weight excluding hydrogens is 232 g/mol. The molecule has 18 heavy (non-hydrogen) atoms. The molecule has 2 unspecified atom stereocenters. The average Bonchev–Trinajstić information content (AvgIpc) is 2.74. The van der Waals surface area contributed by atoms with Crippen LogP contribution in [0.2, 0.25) is 0 Å². The van der Waals surface area contributed by atoms with Gasteiger partial charge in [-0.3, -0.25) is 0 Å². The smallest absolute Gasteiger partial charge is 0.354 e. The molecule has 2 aromatic rings. The second-order valence-corrected chi connectivity index (χ2v) is 4.87. The molecule has 3 heterocycles. The second kappa shape index (κ2) is 4.09. The van der Waals surface area contributed by atoms with Crippen LogP contribution in [0.25, 0.3) is 5.65 Å². The van der Waals surface area contributed by atoms with Gasteiger partial charge in [-0.25, -0.2) is 9.89 Å². The van der Waals surface area contributed by atoms with Crippen LogP contribution in [0.4, 0.5) is 5.82 Å². The number of nitrogens with two attached hydrogens (primary N) is 1. The molecule has 0 spiro atoms. The molecule has 96 valence electrons. The molecule has 0 bridgehead atoms. The van der Waals surface area contributed by atoms with Crippen molar-refractivity contribution in [3.05, 3.63) is 22.6 Å². The van der Waals surface area contributed by atoms with Gasteiger partial charge in [-0.1, -0.05) is 6.92 Å². The first-order valence-corrected chi connectivity index (χ1v) is 6.10. The summed E-state index contributed by atoms with van der Waals surface area (Å²) in [5.74, 6) is 1.30. The molecule has 0 aromatic carbocycles. The number of nitrogens with one attached hydrogen (secondary N) is 1. The number of aromatic amines is 1. The minimum Gasteiger partial charge on any atom is -0.354 e. The van der Waals surface area contributed by atoms with Gasteiger partial charge in [0.1, 0.15) is 5.82 Å². The number of piperidine rings is 1. The minimum atomic E-state index is -0.318. The van der Waals surface area contributed by atoms with Crippen molar-refractivity contribution < 1.29 is 0 Å². The first kappa shape index (κ1) is 11.2. The van der Waals surface area contributed by atoms with E-state index in [1.807, 2.05) is 6.07 Å². The predicted molar refractivity (Wildman–Crippen MR) is 67.6 cm³/mol. The highest BCUT2D eigenvalue weighted by Crippen LogP contribution is 2.20. The molecular formula is C11H16N6O. The zero-order valence-electron chi connectivity index (χ0n) is 10.2. The number of rotatable bonds is 1. The number of fused-ring (bicyclic) bond motifs is 1. The van der Waals surface area contributed by atoms with Crippen LogP contribution in [0.1, 0.15) is 13.3 Å². The second-order valence-electron chi connectivity index (χ2n) is 4.87. The highest BCUT2D eigenvalue weighted by Gasteiger charge is 2.24. The van der Waals surface area contributed by atoms with Crippen LogP contribution in [0.15, 0.2) is 16.9 Å². The Morgan fingerprint density at radius 1 is 1.50 bits per heavy atom. The van der Waals surface area contributed by atoms with Crippen molar-refractivity contribution in [2.75, 3.05) is 18.0 Å². The van der Waals surface area contributed by atoms with Crippen molar-refractivity contribution in [3.63, 3.8) is 0 Å². The molecule has 1 aliphatic heterocycles. The van der Waals surface area contributed by atoms with Crippen LogP contribution >= 0.6 is 0 Å². The molecule has 0 amide bonds. The van der Waals surface area contributed by atoms with Gasteiger partial charge < -0.3 is 10.6 Å². The summed E-state index contributed by atoms with van der Waals surface area (Å²) < 4.78 is 1.28. The minimum absolute atomic E-state index is 0.150. The van der Waals surface area contributed by atoms with Crippen LogP contribution in [0.3, 0.4) is 0 Å². The summed E-state index contributed by atoms with van der Waals surface area (Å²) >= 11 is 0. The SMILES string of the molecule is CC1CCN(c2ccc3n[nH]c(=O)n3n2)CC1N. The fourth-order valence-corrected chi connectivity index (χ4v) is 2.27. The molecule has 1 fully saturated rings. The van der Waals surface area contributed by atoms with Crippen molar-refractivity contribution in [2.45, 2.75) is 19.4 Å². The molecule has 2 aromatic heterocycles. The quantitative estimate of drug-likeness (QED) is 0.716. The lowest BCUT2D eigenvalue weighted by molar-refractivity contribution is 0.377. The molecule has 1 saturated heterocycles. The first-order chi connectivity index (χ1) is 8.65. The van der Waals surface area contributed by atoms with E-state index in [0.29, 0.717) is 11.6 Å². The standard InChI is InChI=1S/C11H16N6O/c1-7-4-5-16(6-8(7)12)10-3-2-9-13-14-11(18)17(9)15-10/h2-3,7-8H,4-6,12H2,1H3,(H,14,18). The van der Waals surface area contributed by atoms with Gasteiger partial charge in [0, 0.05) is 19.1 Å². The highest BCUT2D eigenvalue weighted by atomic mass is 16.2. The van der Waals surface area contributed by atoms with Crippen LogP contribution in [-0.2, 0) is 0 Å². The number of aromatic nitrogens is 4. The number of nitrogens with zero attached hydrogens (tertiary/aromatic N) is 4. The lowest BCUT2D eigenvalue weighted by atomic mass is 9.94. The zero-order valence-corrected chi connectivity index (χ0v) is 10.2. The maximum Gasteiger partial charge on any atom is 0.364 e. The number of hydrogen-bond acceptors (Lipinski definition) is 5. The third-order valence-electron chi connectivity index (χ3n) is 3.60. The van der Waals surface area contributed by atoms with Gasteiger partial charge in [0.2, 0.25) is 0 Å². The van der Waals surface area contributed by atoms with E-state index in [1.54, 1.807) is 6.07 Å². The van der Waals surface area contributed by atoms with E-state index in [4.69, 9.17) is 5.73 Å². The summed E-state index contributed by atoms with van der Waals surface area (Å²) in [5, 5.41) is 10.5. The topological polar surface area (TPSA) is 92.3 Å². The van der Waals surface area contributed by atoms with Crippen molar-refractivity contribution >= 4 is 11.5 Å². The van der Waals surface area contributed by atoms with Crippen molar-refractivity contribution in [3.8, 4) is 0 Å². The van der Waals surface area contributed by atoms with E-state index >= 15 is 0 Å². The highest BCUT2D eigenvalue weighted by molar-refractivity contribution is 5.45. The summed E-state index contributed by atoms with van der Waals surface area (Å²) in [6.07, 6.45) is 1.04. The monoisotopic (exact) mass is 248 g/mol. The van der Waals surface area contributed by atoms with E-state index in [9.17, 15) is 4.79 Å². The number of H-pyrrole nitrogens is 1. The summed E-state index contributed by atoms with van der Waals surface area (Å²) in [5.41, 5.74) is 6.28. The summed E-state index contributed by atoms with van der Waals surface area (Å²) in [4.78, 5) is 13.6. The van der Waals surface area contributed by atoms with E-state index in [-0.39, 0.29) is 11.7 Å². The Hall–Kier alpha value is -1.89. The third-order valence-corrected chi connectivity index (χ3v) is 3.60. The van der Waals surface area contributed by atoms with Crippen LogP contribution < -0.4 is 16.3 Å². The molecule has 2 atom stereocenters. The van der Waals surface area contributed by atoms with Crippen LogP contribution in [0.5, 0.6) is 0 Å². The average molecular weight is 248 g/mol. The van der Waals surface area contributed by atoms with Gasteiger partial charge in [0.05, 0.1) is 0 Å². The molecule has 3 N–H and O–H groups in total. The van der Waals surface area contributed by atoms with Gasteiger partial charge in [-0.2, -0.15) is 9.61 Å². The van der Waals surface area contributed by atoms with Crippen LogP contribution in [0, 0.1) is 5.92 Å².